The van der Waals surface area contributed by atoms with E-state index in [1.165, 1.54) is 89.3 Å². The average molecular weight is 821 g/mol. The summed E-state index contributed by atoms with van der Waals surface area (Å²) in [5.41, 5.74) is 22.5. The second-order valence-electron chi connectivity index (χ2n) is 17.9. The van der Waals surface area contributed by atoms with Crippen molar-refractivity contribution in [1.82, 2.24) is 0 Å². The number of benzene rings is 9. The average Bonchev–Trinajstić information content (AvgIpc) is 3.72. The molecule has 3 nitrogen and oxygen atoms in total. The molecular weight excluding hydrogens is 775 g/mol. The molecule has 9 aromatic carbocycles. The Morgan fingerprint density at radius 1 is 0.516 bits per heavy atom. The van der Waals surface area contributed by atoms with Crippen LogP contribution in [0.5, 0.6) is 0 Å². The summed E-state index contributed by atoms with van der Waals surface area (Å²) in [7, 11) is 0. The molecule has 0 aliphatic carbocycles. The normalized spacial score (nSPS) is 14.0. The van der Waals surface area contributed by atoms with Gasteiger partial charge in [0.05, 0.1) is 11.1 Å². The molecule has 4 heteroatoms. The standard InChI is InChI=1S/C60H45BN2O/c1-3-4-19-40-32-33-52(46(36-40)41-20-8-5-9-21-41)62-54-38-57-47(44-26-14-17-31-56(44)64-57)37-51(54)61-58-48(34-39(2)35-55(58)62)45-27-18-29-50-59(45)63(61)53-30-16-15-28-49(53)60(50,42-22-10-6-11-23-42)43-24-12-7-13-25-43/h5-18,20-38H,3-4,19H2,1-2H3. The van der Waals surface area contributed by atoms with E-state index in [1.807, 2.05) is 0 Å². The molecule has 3 aliphatic heterocycles. The molecule has 0 bridgehead atoms. The summed E-state index contributed by atoms with van der Waals surface area (Å²) in [5.74, 6) is 0. The van der Waals surface area contributed by atoms with E-state index in [4.69, 9.17) is 4.42 Å². The van der Waals surface area contributed by atoms with E-state index in [-0.39, 0.29) is 6.85 Å². The highest BCUT2D eigenvalue weighted by Gasteiger charge is 2.53. The van der Waals surface area contributed by atoms with Gasteiger partial charge in [-0.05, 0) is 106 Å². The Morgan fingerprint density at radius 2 is 1.22 bits per heavy atom. The van der Waals surface area contributed by atoms with Gasteiger partial charge in [-0.1, -0.05) is 177 Å². The van der Waals surface area contributed by atoms with Crippen LogP contribution in [0.2, 0.25) is 0 Å². The van der Waals surface area contributed by atoms with Crippen LogP contribution in [0.3, 0.4) is 0 Å². The summed E-state index contributed by atoms with van der Waals surface area (Å²) in [6.07, 6.45) is 3.37. The predicted octanol–water partition coefficient (Wildman–Crippen LogP) is 14.3. The zero-order valence-corrected chi connectivity index (χ0v) is 36.1. The largest absolute Gasteiger partial charge is 0.456 e. The lowest BCUT2D eigenvalue weighted by Gasteiger charge is -2.53. The number of hydrogen-bond donors (Lipinski definition) is 0. The number of furan rings is 1. The summed E-state index contributed by atoms with van der Waals surface area (Å²) in [6, 6.07) is 75.0. The number of hydrogen-bond acceptors (Lipinski definition) is 3. The summed E-state index contributed by atoms with van der Waals surface area (Å²) < 4.78 is 6.78. The lowest BCUT2D eigenvalue weighted by Crippen LogP contribution is -2.63. The predicted molar refractivity (Wildman–Crippen MR) is 268 cm³/mol. The first-order valence-corrected chi connectivity index (χ1v) is 22.9. The Morgan fingerprint density at radius 3 is 2.00 bits per heavy atom. The highest BCUT2D eigenvalue weighted by Crippen LogP contribution is 2.60. The third-order valence-electron chi connectivity index (χ3n) is 14.3. The van der Waals surface area contributed by atoms with Gasteiger partial charge in [0.1, 0.15) is 11.2 Å². The lowest BCUT2D eigenvalue weighted by molar-refractivity contribution is 0.669. The molecule has 0 amide bonds. The molecule has 1 aromatic heterocycles. The Bertz CT molecular complexity index is 3430. The second-order valence-corrected chi connectivity index (χ2v) is 17.9. The lowest BCUT2D eigenvalue weighted by atomic mass is 9.42. The zero-order chi connectivity index (χ0) is 42.5. The van der Waals surface area contributed by atoms with Gasteiger partial charge >= 0.3 is 6.85 Å². The number of fused-ring (bicyclic) bond motifs is 9. The van der Waals surface area contributed by atoms with Crippen LogP contribution in [0.15, 0.2) is 205 Å². The molecular formula is C60H45BN2O. The number of rotatable bonds is 7. The van der Waals surface area contributed by atoms with E-state index in [1.54, 1.807) is 0 Å². The third kappa shape index (κ3) is 5.17. The molecule has 304 valence electrons. The number of para-hydroxylation sites is 3. The topological polar surface area (TPSA) is 19.6 Å². The fourth-order valence-corrected chi connectivity index (χ4v) is 11.7. The number of aryl methyl sites for hydroxylation is 2. The highest BCUT2D eigenvalue weighted by molar-refractivity contribution is 6.94. The number of nitrogens with zero attached hydrogens (tertiary/aromatic N) is 2. The van der Waals surface area contributed by atoms with E-state index in [9.17, 15) is 0 Å². The van der Waals surface area contributed by atoms with Crippen molar-refractivity contribution in [1.29, 1.82) is 0 Å². The molecule has 4 heterocycles. The van der Waals surface area contributed by atoms with Crippen molar-refractivity contribution in [3.63, 3.8) is 0 Å². The molecule has 64 heavy (non-hydrogen) atoms. The zero-order valence-electron chi connectivity index (χ0n) is 36.1. The van der Waals surface area contributed by atoms with Crippen molar-refractivity contribution < 1.29 is 4.42 Å². The minimum atomic E-state index is -0.566. The van der Waals surface area contributed by atoms with Gasteiger partial charge in [-0.3, -0.25) is 0 Å². The minimum absolute atomic E-state index is 0.140. The molecule has 0 spiro atoms. The summed E-state index contributed by atoms with van der Waals surface area (Å²) in [4.78, 5) is 5.28. The van der Waals surface area contributed by atoms with Gasteiger partial charge in [-0.15, -0.1) is 0 Å². The molecule has 13 rings (SSSR count). The Kier molecular flexibility index (Phi) is 8.24. The number of unbranched alkanes of at least 4 members (excludes halogenated alkanes) is 1. The van der Waals surface area contributed by atoms with Crippen molar-refractivity contribution >= 4 is 68.1 Å². The van der Waals surface area contributed by atoms with Crippen LogP contribution in [-0.2, 0) is 11.8 Å². The smallest absolute Gasteiger partial charge is 0.333 e. The van der Waals surface area contributed by atoms with Crippen molar-refractivity contribution in [2.75, 3.05) is 9.71 Å². The van der Waals surface area contributed by atoms with E-state index < -0.39 is 5.41 Å². The van der Waals surface area contributed by atoms with E-state index in [0.717, 1.165) is 46.9 Å². The second kappa shape index (κ2) is 14.2. The van der Waals surface area contributed by atoms with Crippen LogP contribution in [-0.4, -0.2) is 6.85 Å². The van der Waals surface area contributed by atoms with Gasteiger partial charge in [-0.25, -0.2) is 0 Å². The third-order valence-corrected chi connectivity index (χ3v) is 14.3. The summed E-state index contributed by atoms with van der Waals surface area (Å²) in [5, 5.41) is 2.27. The molecule has 0 saturated carbocycles. The van der Waals surface area contributed by atoms with Crippen LogP contribution in [0, 0.1) is 6.92 Å². The van der Waals surface area contributed by atoms with Gasteiger partial charge in [0, 0.05) is 50.7 Å². The number of anilines is 5. The van der Waals surface area contributed by atoms with Crippen molar-refractivity contribution in [2.24, 2.45) is 0 Å². The maximum Gasteiger partial charge on any atom is 0.333 e. The molecule has 0 fully saturated rings. The summed E-state index contributed by atoms with van der Waals surface area (Å²) >= 11 is 0. The first-order valence-electron chi connectivity index (χ1n) is 22.9. The van der Waals surface area contributed by atoms with Gasteiger partial charge in [0.15, 0.2) is 0 Å². The van der Waals surface area contributed by atoms with E-state index in [2.05, 4.69) is 224 Å². The van der Waals surface area contributed by atoms with Crippen LogP contribution >= 0.6 is 0 Å². The van der Waals surface area contributed by atoms with Gasteiger partial charge in [0.25, 0.3) is 0 Å². The summed E-state index contributed by atoms with van der Waals surface area (Å²) in [6.45, 7) is 4.40. The SMILES string of the molecule is CCCCc1ccc(N2c3cc4oc5ccccc5c4cc3B3c4c(cc(C)cc42)-c2cccc4c2N3c2ccccc2C4(c2ccccc2)c2ccccc2)c(-c2ccccc2)c1. The molecule has 0 saturated heterocycles. The first kappa shape index (κ1) is 37.0. The van der Waals surface area contributed by atoms with Crippen LogP contribution in [0.25, 0.3) is 44.2 Å². The molecule has 0 unspecified atom stereocenters. The Hall–Kier alpha value is -7.56. The molecule has 0 radical (unpaired) electrons. The Balaban J connectivity index is 1.17. The van der Waals surface area contributed by atoms with E-state index >= 15 is 0 Å². The van der Waals surface area contributed by atoms with Crippen molar-refractivity contribution in [3.8, 4) is 22.3 Å². The molecule has 0 atom stereocenters. The van der Waals surface area contributed by atoms with Gasteiger partial charge in [-0.2, -0.15) is 0 Å². The van der Waals surface area contributed by atoms with E-state index in [0.29, 0.717) is 0 Å². The van der Waals surface area contributed by atoms with Crippen LogP contribution in [0.1, 0.15) is 53.1 Å². The fourth-order valence-electron chi connectivity index (χ4n) is 11.7. The van der Waals surface area contributed by atoms with Crippen LogP contribution in [0.4, 0.5) is 28.4 Å². The highest BCUT2D eigenvalue weighted by atomic mass is 16.3. The van der Waals surface area contributed by atoms with Crippen LogP contribution < -0.4 is 20.6 Å². The minimum Gasteiger partial charge on any atom is -0.456 e. The van der Waals surface area contributed by atoms with Crippen molar-refractivity contribution in [3.05, 3.63) is 234 Å². The Labute approximate surface area is 375 Å². The first-order chi connectivity index (χ1) is 31.6. The molecule has 10 aromatic rings. The fraction of sp³-hybridized carbons (Fsp3) is 0.100. The maximum atomic E-state index is 6.78. The quantitative estimate of drug-likeness (QED) is 0.149. The van der Waals surface area contributed by atoms with Gasteiger partial charge in [0.2, 0.25) is 0 Å². The van der Waals surface area contributed by atoms with Gasteiger partial charge < -0.3 is 14.1 Å². The van der Waals surface area contributed by atoms with Crippen molar-refractivity contribution in [2.45, 2.75) is 38.5 Å². The molecule has 3 aliphatic rings. The maximum absolute atomic E-state index is 6.78. The molecule has 0 N–H and O–H groups in total. The monoisotopic (exact) mass is 820 g/mol.